The van der Waals surface area contributed by atoms with Gasteiger partial charge < -0.3 is 4.74 Å². The molecule has 4 heteroatoms. The summed E-state index contributed by atoms with van der Waals surface area (Å²) in [7, 11) is -1.82. The first-order chi connectivity index (χ1) is 6.61. The molecule has 0 rings (SSSR count). The maximum absolute atomic E-state index is 10.9. The molecule has 2 atom stereocenters. The van der Waals surface area contributed by atoms with Crippen molar-refractivity contribution in [3.63, 3.8) is 0 Å². The van der Waals surface area contributed by atoms with Crippen molar-refractivity contribution in [3.8, 4) is 0 Å². The van der Waals surface area contributed by atoms with Gasteiger partial charge in [-0.1, -0.05) is 33.1 Å². The monoisotopic (exact) mass is 219 g/mol. The van der Waals surface area contributed by atoms with E-state index in [0.717, 1.165) is 25.7 Å². The van der Waals surface area contributed by atoms with Crippen LogP contribution >= 0.6 is 7.80 Å². The molecule has 0 aromatic carbocycles. The lowest BCUT2D eigenvalue weighted by Gasteiger charge is -2.13. The number of rotatable bonds is 7. The van der Waals surface area contributed by atoms with Gasteiger partial charge in [-0.25, -0.2) is 4.79 Å². The van der Waals surface area contributed by atoms with Crippen LogP contribution in [-0.2, 0) is 9.30 Å². The first kappa shape index (κ1) is 13.6. The van der Waals surface area contributed by atoms with E-state index in [1.54, 1.807) is 0 Å². The maximum atomic E-state index is 10.9. The summed E-state index contributed by atoms with van der Waals surface area (Å²) in [5, 5.41) is 0. The van der Waals surface area contributed by atoms with Crippen LogP contribution in [0, 0.1) is 5.92 Å². The zero-order chi connectivity index (χ0) is 11.0. The van der Waals surface area contributed by atoms with Crippen molar-refractivity contribution in [1.82, 2.24) is 0 Å². The van der Waals surface area contributed by atoms with Gasteiger partial charge in [0.05, 0.1) is 6.61 Å². The summed E-state index contributed by atoms with van der Waals surface area (Å²) < 4.78 is 15.7. The number of ether oxygens (including phenoxy) is 1. The maximum Gasteiger partial charge on any atom is 0.386 e. The van der Waals surface area contributed by atoms with Gasteiger partial charge in [0.2, 0.25) is 0 Å². The second-order valence-electron chi connectivity index (χ2n) is 3.49. The van der Waals surface area contributed by atoms with Crippen LogP contribution in [0.5, 0.6) is 0 Å². The topological polar surface area (TPSA) is 43.4 Å². The summed E-state index contributed by atoms with van der Waals surface area (Å²) in [6, 6.07) is 0. The Morgan fingerprint density at radius 1 is 1.43 bits per heavy atom. The molecule has 0 heterocycles. The zero-order valence-electron chi connectivity index (χ0n) is 9.28. The van der Waals surface area contributed by atoms with E-state index in [2.05, 4.69) is 13.8 Å². The van der Waals surface area contributed by atoms with Crippen LogP contribution in [0.25, 0.3) is 0 Å². The zero-order valence-corrected chi connectivity index (χ0v) is 10.2. The van der Waals surface area contributed by atoms with Gasteiger partial charge in [0.25, 0.3) is 0 Å². The van der Waals surface area contributed by atoms with Gasteiger partial charge in [-0.05, 0) is 12.3 Å². The summed E-state index contributed by atoms with van der Waals surface area (Å²) in [6.45, 7) is 6.02. The average molecular weight is 219 g/mol. The van der Waals surface area contributed by atoms with Gasteiger partial charge in [-0.2, -0.15) is 0 Å². The predicted molar refractivity (Wildman–Crippen MR) is 58.2 cm³/mol. The SMILES string of the molecule is CCCCC(CC)COC(=O)[P](C)=O. The molecular weight excluding hydrogens is 199 g/mol. The Kier molecular flexibility index (Phi) is 7.68. The molecule has 3 nitrogen and oxygen atoms in total. The summed E-state index contributed by atoms with van der Waals surface area (Å²) in [5.41, 5.74) is -0.560. The molecule has 0 aliphatic carbocycles. The lowest BCUT2D eigenvalue weighted by Crippen LogP contribution is -2.10. The molecule has 0 aliphatic heterocycles. The summed E-state index contributed by atoms with van der Waals surface area (Å²) in [5.74, 6) is 0.425. The largest absolute Gasteiger partial charge is 0.457 e. The number of carbonyl (C=O) groups excluding carboxylic acids is 1. The number of hydrogen-bond acceptors (Lipinski definition) is 3. The highest BCUT2D eigenvalue weighted by molar-refractivity contribution is 7.62. The molecular formula is C10H20O3P. The van der Waals surface area contributed by atoms with E-state index in [9.17, 15) is 9.36 Å². The third kappa shape index (κ3) is 6.09. The first-order valence-corrected chi connectivity index (χ1v) is 6.90. The summed E-state index contributed by atoms with van der Waals surface area (Å²) in [4.78, 5) is 10.9. The van der Waals surface area contributed by atoms with Crippen molar-refractivity contribution in [1.29, 1.82) is 0 Å². The molecule has 14 heavy (non-hydrogen) atoms. The van der Waals surface area contributed by atoms with Crippen molar-refractivity contribution in [3.05, 3.63) is 0 Å². The highest BCUT2D eigenvalue weighted by atomic mass is 31.1. The van der Waals surface area contributed by atoms with Gasteiger partial charge in [-0.15, -0.1) is 0 Å². The minimum Gasteiger partial charge on any atom is -0.457 e. The molecule has 0 amide bonds. The summed E-state index contributed by atoms with van der Waals surface area (Å²) >= 11 is 0. The Balaban J connectivity index is 3.71. The molecule has 0 aliphatic rings. The van der Waals surface area contributed by atoms with Crippen LogP contribution in [0.2, 0.25) is 0 Å². The molecule has 0 spiro atoms. The molecule has 0 fully saturated rings. The van der Waals surface area contributed by atoms with Crippen molar-refractivity contribution in [2.45, 2.75) is 39.5 Å². The smallest absolute Gasteiger partial charge is 0.386 e. The van der Waals surface area contributed by atoms with Crippen molar-refractivity contribution < 1.29 is 14.1 Å². The van der Waals surface area contributed by atoms with Gasteiger partial charge >= 0.3 is 5.71 Å². The Bertz CT molecular complexity index is 192. The minimum absolute atomic E-state index is 0.421. The third-order valence-electron chi connectivity index (χ3n) is 2.24. The molecule has 1 radical (unpaired) electrons. The van der Waals surface area contributed by atoms with E-state index in [-0.39, 0.29) is 0 Å². The van der Waals surface area contributed by atoms with E-state index in [1.807, 2.05) is 0 Å². The fraction of sp³-hybridized carbons (Fsp3) is 0.900. The quantitative estimate of drug-likeness (QED) is 0.612. The van der Waals surface area contributed by atoms with Crippen LogP contribution in [0.15, 0.2) is 0 Å². The number of carbonyl (C=O) groups is 1. The number of hydrogen-bond donors (Lipinski definition) is 0. The van der Waals surface area contributed by atoms with Gasteiger partial charge in [-0.3, -0.25) is 4.57 Å². The highest BCUT2D eigenvalue weighted by Gasteiger charge is 2.12. The van der Waals surface area contributed by atoms with Crippen LogP contribution < -0.4 is 0 Å². The Morgan fingerprint density at radius 2 is 2.07 bits per heavy atom. The fourth-order valence-electron chi connectivity index (χ4n) is 1.18. The van der Waals surface area contributed by atoms with Crippen LogP contribution in [0.4, 0.5) is 4.79 Å². The molecule has 0 saturated heterocycles. The van der Waals surface area contributed by atoms with Gasteiger partial charge in [0.1, 0.15) is 0 Å². The standard InChI is InChI=1S/C10H20O3P/c1-4-6-7-9(5-2)8-13-10(11)14(3)12/h9H,4-8H2,1-3H3. The second kappa shape index (κ2) is 7.93. The second-order valence-corrected chi connectivity index (χ2v) is 4.85. The normalized spacial score (nSPS) is 13.5. The molecule has 83 valence electrons. The Hall–Kier alpha value is -0.430. The molecule has 0 bridgehead atoms. The Labute approximate surface area is 87.0 Å². The fourth-order valence-corrected chi connectivity index (χ4v) is 1.43. The van der Waals surface area contributed by atoms with E-state index >= 15 is 0 Å². The molecule has 0 N–H and O–H groups in total. The van der Waals surface area contributed by atoms with E-state index < -0.39 is 13.5 Å². The van der Waals surface area contributed by atoms with E-state index in [0.29, 0.717) is 12.5 Å². The number of unbranched alkanes of at least 4 members (excludes halogenated alkanes) is 1. The summed E-state index contributed by atoms with van der Waals surface area (Å²) in [6.07, 6.45) is 4.41. The minimum atomic E-state index is -1.82. The highest BCUT2D eigenvalue weighted by Crippen LogP contribution is 2.20. The van der Waals surface area contributed by atoms with Crippen LogP contribution in [-0.4, -0.2) is 19.0 Å². The third-order valence-corrected chi connectivity index (χ3v) is 2.89. The van der Waals surface area contributed by atoms with E-state index in [4.69, 9.17) is 4.74 Å². The first-order valence-electron chi connectivity index (χ1n) is 5.19. The van der Waals surface area contributed by atoms with Crippen LogP contribution in [0.3, 0.4) is 0 Å². The lowest BCUT2D eigenvalue weighted by atomic mass is 10.0. The molecule has 0 aromatic heterocycles. The van der Waals surface area contributed by atoms with Crippen LogP contribution in [0.1, 0.15) is 39.5 Å². The molecule has 2 unspecified atom stereocenters. The predicted octanol–water partition coefficient (Wildman–Crippen LogP) is 3.80. The van der Waals surface area contributed by atoms with Gasteiger partial charge in [0, 0.05) is 6.66 Å². The van der Waals surface area contributed by atoms with Crippen molar-refractivity contribution in [2.24, 2.45) is 5.92 Å². The van der Waals surface area contributed by atoms with E-state index in [1.165, 1.54) is 6.66 Å². The molecule has 0 saturated carbocycles. The molecule has 0 aromatic rings. The van der Waals surface area contributed by atoms with Crippen molar-refractivity contribution in [2.75, 3.05) is 13.3 Å². The van der Waals surface area contributed by atoms with Gasteiger partial charge in [0.15, 0.2) is 7.80 Å². The Morgan fingerprint density at radius 3 is 2.50 bits per heavy atom. The lowest BCUT2D eigenvalue weighted by molar-refractivity contribution is 0.146. The average Bonchev–Trinajstić information content (AvgIpc) is 2.17. The van der Waals surface area contributed by atoms with Crippen molar-refractivity contribution >= 4 is 13.5 Å².